The van der Waals surface area contributed by atoms with E-state index in [2.05, 4.69) is 5.23 Å². The Hall–Kier alpha value is -1.17. The molecule has 0 saturated carbocycles. The fourth-order valence-electron chi connectivity index (χ4n) is 1.19. The van der Waals surface area contributed by atoms with E-state index in [0.29, 0.717) is 11.3 Å². The van der Waals surface area contributed by atoms with Gasteiger partial charge in [0.2, 0.25) is 0 Å². The summed E-state index contributed by atoms with van der Waals surface area (Å²) in [7, 11) is 1.78. The second kappa shape index (κ2) is 4.57. The summed E-state index contributed by atoms with van der Waals surface area (Å²) in [5.74, 6) is 0. The third kappa shape index (κ3) is 3.16. The van der Waals surface area contributed by atoms with Gasteiger partial charge in [-0.2, -0.15) is 13.2 Å². The fraction of sp³-hybridized carbons (Fsp3) is 0.333. The summed E-state index contributed by atoms with van der Waals surface area (Å²) >= 11 is 0. The third-order valence-corrected chi connectivity index (χ3v) is 1.96. The van der Waals surface area contributed by atoms with Crippen LogP contribution < -0.4 is 5.23 Å². The highest BCUT2D eigenvalue weighted by molar-refractivity contribution is 6.32. The van der Waals surface area contributed by atoms with Gasteiger partial charge in [-0.1, -0.05) is 0 Å². The SMILES string of the molecule is COBNc1ccc(C(F)(F)F)cc1C. The normalized spacial score (nSPS) is 11.3. The lowest BCUT2D eigenvalue weighted by Crippen LogP contribution is -2.11. The van der Waals surface area contributed by atoms with Crippen LogP contribution in [-0.4, -0.2) is 14.7 Å². The molecule has 0 bridgehead atoms. The fourth-order valence-corrected chi connectivity index (χ4v) is 1.19. The highest BCUT2D eigenvalue weighted by Gasteiger charge is 2.30. The minimum Gasteiger partial charge on any atom is -0.422 e. The molecule has 1 rings (SSSR count). The van der Waals surface area contributed by atoms with Gasteiger partial charge in [0.1, 0.15) is 0 Å². The van der Waals surface area contributed by atoms with Gasteiger partial charge in [0.05, 0.1) is 5.56 Å². The summed E-state index contributed by atoms with van der Waals surface area (Å²) in [5, 5.41) is 2.85. The Kier molecular flexibility index (Phi) is 3.63. The van der Waals surface area contributed by atoms with Crippen LogP contribution in [0.25, 0.3) is 0 Å². The molecule has 0 aromatic heterocycles. The monoisotopic (exact) mass is 217 g/mol. The van der Waals surface area contributed by atoms with Crippen molar-refractivity contribution in [3.05, 3.63) is 29.3 Å². The number of hydrogen-bond acceptors (Lipinski definition) is 2. The van der Waals surface area contributed by atoms with Gasteiger partial charge < -0.3 is 9.88 Å². The maximum atomic E-state index is 12.3. The summed E-state index contributed by atoms with van der Waals surface area (Å²) in [5.41, 5.74) is 0.551. The average Bonchev–Trinajstić information content (AvgIpc) is 2.14. The Balaban J connectivity index is 2.88. The molecule has 0 radical (unpaired) electrons. The number of nitrogens with one attached hydrogen (secondary N) is 1. The lowest BCUT2D eigenvalue weighted by atomic mass is 10.1. The Morgan fingerprint density at radius 1 is 1.33 bits per heavy atom. The Morgan fingerprint density at radius 2 is 2.00 bits per heavy atom. The number of rotatable bonds is 3. The van der Waals surface area contributed by atoms with Crippen LogP contribution in [0.3, 0.4) is 0 Å². The zero-order valence-electron chi connectivity index (χ0n) is 8.48. The smallest absolute Gasteiger partial charge is 0.416 e. The Morgan fingerprint density at radius 3 is 2.47 bits per heavy atom. The summed E-state index contributed by atoms with van der Waals surface area (Å²) in [6.07, 6.45) is -4.29. The van der Waals surface area contributed by atoms with E-state index in [0.717, 1.165) is 12.1 Å². The molecule has 0 aliphatic carbocycles. The van der Waals surface area contributed by atoms with Crippen LogP contribution in [0.4, 0.5) is 18.9 Å². The molecule has 82 valence electrons. The first-order valence-corrected chi connectivity index (χ1v) is 4.36. The van der Waals surface area contributed by atoms with Gasteiger partial charge in [-0.05, 0) is 30.7 Å². The predicted octanol–water partition coefficient (Wildman–Crippen LogP) is 2.34. The molecule has 6 heteroatoms. The zero-order chi connectivity index (χ0) is 11.5. The quantitative estimate of drug-likeness (QED) is 0.784. The van der Waals surface area contributed by atoms with Crippen LogP contribution in [0.15, 0.2) is 18.2 Å². The molecule has 2 nitrogen and oxygen atoms in total. The summed E-state index contributed by atoms with van der Waals surface area (Å²) in [6.45, 7) is 1.62. The standard InChI is InChI=1S/C9H11BF3NO/c1-6-5-7(9(11,12)13)3-4-8(6)14-10-15-2/h3-5,10,14H,1-2H3. The van der Waals surface area contributed by atoms with E-state index in [4.69, 9.17) is 4.65 Å². The molecule has 1 aromatic carbocycles. The summed E-state index contributed by atoms with van der Waals surface area (Å²) in [6, 6.07) is 3.56. The van der Waals surface area contributed by atoms with Crippen LogP contribution in [-0.2, 0) is 10.8 Å². The van der Waals surface area contributed by atoms with Gasteiger partial charge in [-0.3, -0.25) is 0 Å². The van der Waals surface area contributed by atoms with Crippen LogP contribution in [0.1, 0.15) is 11.1 Å². The second-order valence-corrected chi connectivity index (χ2v) is 3.14. The number of aryl methyl sites for hydroxylation is 1. The predicted molar refractivity (Wildman–Crippen MR) is 54.0 cm³/mol. The summed E-state index contributed by atoms with van der Waals surface area (Å²) < 4.78 is 41.7. The molecule has 0 atom stereocenters. The van der Waals surface area contributed by atoms with E-state index < -0.39 is 11.7 Å². The number of alkyl halides is 3. The van der Waals surface area contributed by atoms with E-state index in [1.165, 1.54) is 13.2 Å². The first-order chi connectivity index (χ1) is 6.95. The van der Waals surface area contributed by atoms with Gasteiger partial charge in [-0.25, -0.2) is 0 Å². The van der Waals surface area contributed by atoms with Gasteiger partial charge in [0, 0.05) is 12.8 Å². The van der Waals surface area contributed by atoms with Crippen molar-refractivity contribution in [1.82, 2.24) is 0 Å². The molecule has 1 aromatic rings. The van der Waals surface area contributed by atoms with Crippen LogP contribution >= 0.6 is 0 Å². The molecule has 0 amide bonds. The molecular formula is C9H11BF3NO. The zero-order valence-corrected chi connectivity index (χ0v) is 8.48. The van der Waals surface area contributed by atoms with Crippen molar-refractivity contribution in [2.24, 2.45) is 0 Å². The Bertz CT molecular complexity index is 341. The van der Waals surface area contributed by atoms with Crippen LogP contribution in [0.5, 0.6) is 0 Å². The van der Waals surface area contributed by atoms with Crippen LogP contribution in [0.2, 0.25) is 0 Å². The maximum Gasteiger partial charge on any atom is 0.416 e. The largest absolute Gasteiger partial charge is 0.422 e. The van der Waals surface area contributed by atoms with E-state index >= 15 is 0 Å². The minimum atomic E-state index is -4.29. The molecule has 0 spiro atoms. The lowest BCUT2D eigenvalue weighted by Gasteiger charge is -2.11. The van der Waals surface area contributed by atoms with Gasteiger partial charge in [-0.15, -0.1) is 0 Å². The van der Waals surface area contributed by atoms with Gasteiger partial charge in [0.15, 0.2) is 0 Å². The number of halogens is 3. The highest BCUT2D eigenvalue weighted by atomic mass is 19.4. The first kappa shape index (κ1) is 11.9. The number of hydrogen-bond donors (Lipinski definition) is 1. The molecule has 0 unspecified atom stereocenters. The molecule has 15 heavy (non-hydrogen) atoms. The number of benzene rings is 1. The molecule has 0 aliphatic heterocycles. The lowest BCUT2D eigenvalue weighted by molar-refractivity contribution is -0.137. The van der Waals surface area contributed by atoms with E-state index in [1.807, 2.05) is 0 Å². The topological polar surface area (TPSA) is 21.3 Å². The van der Waals surface area contributed by atoms with Gasteiger partial charge in [0.25, 0.3) is 0 Å². The second-order valence-electron chi connectivity index (χ2n) is 3.14. The maximum absolute atomic E-state index is 12.3. The van der Waals surface area contributed by atoms with Crippen molar-refractivity contribution >= 4 is 13.3 Å². The van der Waals surface area contributed by atoms with E-state index in [9.17, 15) is 13.2 Å². The molecule has 0 fully saturated rings. The molecule has 1 N–H and O–H groups in total. The van der Waals surface area contributed by atoms with Crippen molar-refractivity contribution < 1.29 is 17.8 Å². The van der Waals surface area contributed by atoms with Crippen molar-refractivity contribution in [2.45, 2.75) is 13.1 Å². The van der Waals surface area contributed by atoms with Crippen molar-refractivity contribution in [3.8, 4) is 0 Å². The summed E-state index contributed by atoms with van der Waals surface area (Å²) in [4.78, 5) is 0. The highest BCUT2D eigenvalue weighted by Crippen LogP contribution is 2.31. The third-order valence-electron chi connectivity index (χ3n) is 1.96. The van der Waals surface area contributed by atoms with Crippen molar-refractivity contribution in [3.63, 3.8) is 0 Å². The molecular weight excluding hydrogens is 206 g/mol. The molecule has 0 heterocycles. The molecule has 0 saturated heterocycles. The van der Waals surface area contributed by atoms with Crippen LogP contribution in [0, 0.1) is 6.92 Å². The minimum absolute atomic E-state index is 0.270. The Labute approximate surface area is 86.7 Å². The average molecular weight is 217 g/mol. The van der Waals surface area contributed by atoms with Gasteiger partial charge >= 0.3 is 13.8 Å². The first-order valence-electron chi connectivity index (χ1n) is 4.36. The molecule has 0 aliphatic rings. The van der Waals surface area contributed by atoms with E-state index in [1.54, 1.807) is 6.92 Å². The van der Waals surface area contributed by atoms with E-state index in [-0.39, 0.29) is 7.62 Å². The number of anilines is 1. The van der Waals surface area contributed by atoms with Crippen molar-refractivity contribution in [1.29, 1.82) is 0 Å². The van der Waals surface area contributed by atoms with Crippen molar-refractivity contribution in [2.75, 3.05) is 12.3 Å².